The molecule has 1 aromatic carbocycles. The third-order valence-electron chi connectivity index (χ3n) is 3.93. The molecule has 2 amide bonds. The van der Waals surface area contributed by atoms with E-state index in [9.17, 15) is 24.0 Å². The maximum Gasteiger partial charge on any atom is 0.333 e. The number of ether oxygens (including phenoxy) is 3. The summed E-state index contributed by atoms with van der Waals surface area (Å²) >= 11 is 0. The zero-order valence-electron chi connectivity index (χ0n) is 16.6. The van der Waals surface area contributed by atoms with E-state index in [4.69, 9.17) is 14.2 Å². The van der Waals surface area contributed by atoms with Gasteiger partial charge in [-0.3, -0.25) is 19.2 Å². The van der Waals surface area contributed by atoms with Crippen molar-refractivity contribution >= 4 is 41.1 Å². The van der Waals surface area contributed by atoms with Gasteiger partial charge in [0.2, 0.25) is 17.7 Å². The Bertz CT molecular complexity index is 893. The van der Waals surface area contributed by atoms with Crippen LogP contribution in [-0.2, 0) is 44.6 Å². The Kier molecular flexibility index (Phi) is 7.68. The number of hydrogen-bond acceptors (Lipinski definition) is 8. The Morgan fingerprint density at radius 3 is 2.47 bits per heavy atom. The van der Waals surface area contributed by atoms with Gasteiger partial charge in [-0.15, -0.1) is 0 Å². The number of carbonyl (C=O) groups is 5. The van der Waals surface area contributed by atoms with E-state index in [0.717, 1.165) is 5.56 Å². The first-order valence-corrected chi connectivity index (χ1v) is 9.12. The van der Waals surface area contributed by atoms with Gasteiger partial charge in [-0.1, -0.05) is 12.6 Å². The van der Waals surface area contributed by atoms with Crippen molar-refractivity contribution in [1.82, 2.24) is 0 Å². The highest BCUT2D eigenvalue weighted by Crippen LogP contribution is 2.26. The van der Waals surface area contributed by atoms with Crippen LogP contribution in [0, 0.1) is 5.92 Å². The second kappa shape index (κ2) is 10.2. The summed E-state index contributed by atoms with van der Waals surface area (Å²) < 4.78 is 14.5. The maximum absolute atomic E-state index is 12.6. The van der Waals surface area contributed by atoms with Crippen molar-refractivity contribution < 1.29 is 38.2 Å². The van der Waals surface area contributed by atoms with E-state index in [1.54, 1.807) is 12.1 Å². The molecule has 1 aliphatic rings. The summed E-state index contributed by atoms with van der Waals surface area (Å²) in [6, 6.07) is 4.71. The minimum absolute atomic E-state index is 0.0446. The molecule has 0 saturated carbocycles. The van der Waals surface area contributed by atoms with Crippen molar-refractivity contribution in [2.75, 3.05) is 30.5 Å². The van der Waals surface area contributed by atoms with E-state index >= 15 is 0 Å². The minimum Gasteiger partial charge on any atom is -0.465 e. The molecular weight excluding hydrogens is 396 g/mol. The first-order valence-electron chi connectivity index (χ1n) is 9.12. The van der Waals surface area contributed by atoms with E-state index in [-0.39, 0.29) is 43.4 Å². The average Bonchev–Trinajstić information content (AvgIpc) is 3.04. The van der Waals surface area contributed by atoms with Crippen LogP contribution in [0.3, 0.4) is 0 Å². The molecule has 0 fully saturated rings. The smallest absolute Gasteiger partial charge is 0.333 e. The molecule has 1 heterocycles. The fraction of sp³-hybridized carbons (Fsp3) is 0.350. The summed E-state index contributed by atoms with van der Waals surface area (Å²) in [5.74, 6) is -5.88. The predicted molar refractivity (Wildman–Crippen MR) is 104 cm³/mol. The topological polar surface area (TPSA) is 137 Å². The van der Waals surface area contributed by atoms with Gasteiger partial charge in [0.25, 0.3) is 0 Å². The lowest BCUT2D eigenvalue weighted by Gasteiger charge is -2.15. The van der Waals surface area contributed by atoms with Crippen molar-refractivity contribution in [3.63, 3.8) is 0 Å². The second-order valence-electron chi connectivity index (χ2n) is 6.35. The molecule has 0 aromatic heterocycles. The first kappa shape index (κ1) is 22.6. The molecule has 0 radical (unpaired) electrons. The largest absolute Gasteiger partial charge is 0.465 e. The number of carbonyl (C=O) groups excluding carboxylic acids is 5. The van der Waals surface area contributed by atoms with Crippen LogP contribution in [0.1, 0.15) is 19.4 Å². The van der Waals surface area contributed by atoms with Crippen molar-refractivity contribution in [2.24, 2.45) is 5.92 Å². The Labute approximate surface area is 172 Å². The van der Waals surface area contributed by atoms with Crippen LogP contribution >= 0.6 is 0 Å². The molecule has 0 saturated heterocycles. The number of esters is 3. The lowest BCUT2D eigenvalue weighted by molar-refractivity contribution is -0.165. The van der Waals surface area contributed by atoms with Crippen LogP contribution in [0.15, 0.2) is 30.4 Å². The Morgan fingerprint density at radius 1 is 1.13 bits per heavy atom. The number of benzene rings is 1. The molecular formula is C20H22N2O8. The van der Waals surface area contributed by atoms with Gasteiger partial charge in [-0.25, -0.2) is 4.79 Å². The molecule has 1 aromatic rings. The van der Waals surface area contributed by atoms with Crippen molar-refractivity contribution in [3.8, 4) is 0 Å². The number of fused-ring (bicyclic) bond motifs is 1. The second-order valence-corrected chi connectivity index (χ2v) is 6.35. The summed E-state index contributed by atoms with van der Waals surface area (Å²) in [6.07, 6.45) is 0.233. The molecule has 2 rings (SSSR count). The summed E-state index contributed by atoms with van der Waals surface area (Å²) in [6.45, 7) is 5.73. The fourth-order valence-electron chi connectivity index (χ4n) is 2.53. The van der Waals surface area contributed by atoms with E-state index < -0.39 is 29.7 Å². The Hall–Kier alpha value is -3.69. The van der Waals surface area contributed by atoms with Gasteiger partial charge in [0.1, 0.15) is 13.2 Å². The van der Waals surface area contributed by atoms with E-state index in [0.29, 0.717) is 5.69 Å². The number of rotatable bonds is 9. The SMILES string of the molecule is C=C(C)C(=O)OCCOC(=O)C(C(=O)Nc1ccc2c(c1)NC(=O)C2)C(=O)OCC. The monoisotopic (exact) mass is 418 g/mol. The van der Waals surface area contributed by atoms with Gasteiger partial charge in [0.05, 0.1) is 13.0 Å². The summed E-state index contributed by atoms with van der Waals surface area (Å²) in [4.78, 5) is 59.7. The van der Waals surface area contributed by atoms with E-state index in [1.165, 1.54) is 19.9 Å². The number of nitrogens with one attached hydrogen (secondary N) is 2. The van der Waals surface area contributed by atoms with Crippen LogP contribution in [0.25, 0.3) is 0 Å². The van der Waals surface area contributed by atoms with E-state index in [1.807, 2.05) is 0 Å². The molecule has 0 bridgehead atoms. The fourth-order valence-corrected chi connectivity index (χ4v) is 2.53. The van der Waals surface area contributed by atoms with Gasteiger partial charge in [-0.2, -0.15) is 0 Å². The van der Waals surface area contributed by atoms with Crippen LogP contribution in [0.4, 0.5) is 11.4 Å². The normalized spacial score (nSPS) is 12.8. The highest BCUT2D eigenvalue weighted by atomic mass is 16.6. The number of hydrogen-bond donors (Lipinski definition) is 2. The number of amides is 2. The minimum atomic E-state index is -1.87. The van der Waals surface area contributed by atoms with Crippen LogP contribution < -0.4 is 10.6 Å². The lowest BCUT2D eigenvalue weighted by Crippen LogP contribution is -2.38. The molecule has 10 nitrogen and oxygen atoms in total. The molecule has 10 heteroatoms. The Balaban J connectivity index is 2.02. The van der Waals surface area contributed by atoms with Gasteiger partial charge in [0.15, 0.2) is 0 Å². The first-order chi connectivity index (χ1) is 14.2. The summed E-state index contributed by atoms with van der Waals surface area (Å²) in [5.41, 5.74) is 1.75. The zero-order valence-corrected chi connectivity index (χ0v) is 16.6. The van der Waals surface area contributed by atoms with Crippen molar-refractivity contribution in [1.29, 1.82) is 0 Å². The van der Waals surface area contributed by atoms with Crippen LogP contribution in [0.5, 0.6) is 0 Å². The number of anilines is 2. The lowest BCUT2D eigenvalue weighted by atomic mass is 10.1. The van der Waals surface area contributed by atoms with Crippen LogP contribution in [-0.4, -0.2) is 49.5 Å². The Morgan fingerprint density at radius 2 is 1.80 bits per heavy atom. The highest BCUT2D eigenvalue weighted by Gasteiger charge is 2.37. The third-order valence-corrected chi connectivity index (χ3v) is 3.93. The summed E-state index contributed by atoms with van der Waals surface area (Å²) in [7, 11) is 0. The molecule has 2 N–H and O–H groups in total. The maximum atomic E-state index is 12.6. The van der Waals surface area contributed by atoms with Gasteiger partial charge >= 0.3 is 17.9 Å². The average molecular weight is 418 g/mol. The van der Waals surface area contributed by atoms with Gasteiger partial charge in [0, 0.05) is 16.9 Å². The highest BCUT2D eigenvalue weighted by molar-refractivity contribution is 6.18. The van der Waals surface area contributed by atoms with Gasteiger partial charge in [-0.05, 0) is 31.5 Å². The molecule has 160 valence electrons. The standard InChI is InChI=1S/C20H22N2O8/c1-4-28-19(26)16(20(27)30-8-7-29-18(25)11(2)3)17(24)21-13-6-5-12-9-15(23)22-14(12)10-13/h5-6,10,16H,2,4,7-9H2,1,3H3,(H,21,24)(H,22,23). The van der Waals surface area contributed by atoms with E-state index in [2.05, 4.69) is 17.2 Å². The third kappa shape index (κ3) is 5.90. The molecule has 0 aliphatic carbocycles. The molecule has 1 aliphatic heterocycles. The molecule has 1 atom stereocenters. The predicted octanol–water partition coefficient (Wildman–Crippen LogP) is 0.961. The van der Waals surface area contributed by atoms with Gasteiger partial charge < -0.3 is 24.8 Å². The summed E-state index contributed by atoms with van der Waals surface area (Å²) in [5, 5.41) is 5.08. The van der Waals surface area contributed by atoms with Crippen molar-refractivity contribution in [2.45, 2.75) is 20.3 Å². The molecule has 30 heavy (non-hydrogen) atoms. The van der Waals surface area contributed by atoms with Crippen LogP contribution in [0.2, 0.25) is 0 Å². The molecule has 1 unspecified atom stereocenters. The quantitative estimate of drug-likeness (QED) is 0.199. The zero-order chi connectivity index (χ0) is 22.3. The molecule has 0 spiro atoms. The van der Waals surface area contributed by atoms with Crippen molar-refractivity contribution in [3.05, 3.63) is 35.9 Å².